The third-order valence-electron chi connectivity index (χ3n) is 4.35. The highest BCUT2D eigenvalue weighted by molar-refractivity contribution is 5.15. The van der Waals surface area contributed by atoms with Crippen LogP contribution in [0.25, 0.3) is 0 Å². The summed E-state index contributed by atoms with van der Waals surface area (Å²) in [5.41, 5.74) is 0.177. The molecule has 4 aliphatic rings. The van der Waals surface area contributed by atoms with Crippen molar-refractivity contribution in [3.63, 3.8) is 0 Å². The van der Waals surface area contributed by atoms with Gasteiger partial charge in [-0.25, -0.2) is 0 Å². The van der Waals surface area contributed by atoms with Gasteiger partial charge in [0.05, 0.1) is 0 Å². The summed E-state index contributed by atoms with van der Waals surface area (Å²) < 4.78 is 0. The highest BCUT2D eigenvalue weighted by Gasteiger charge is 2.49. The molecule has 4 fully saturated rings. The van der Waals surface area contributed by atoms with Gasteiger partial charge in [0.1, 0.15) is 0 Å². The Hall–Kier alpha value is -0.640. The Kier molecular flexibility index (Phi) is 1.45. The molecule has 0 atom stereocenters. The Labute approximate surface area is 79.5 Å². The van der Waals surface area contributed by atoms with Crippen LogP contribution in [-0.2, 0) is 0 Å². The Bertz CT molecular complexity index is 246. The molecule has 0 aromatic heterocycles. The van der Waals surface area contributed by atoms with Crippen molar-refractivity contribution < 1.29 is 5.11 Å². The summed E-state index contributed by atoms with van der Waals surface area (Å²) in [5.74, 6) is 5.71. The van der Waals surface area contributed by atoms with Crippen LogP contribution in [0, 0.1) is 35.2 Å². The summed E-state index contributed by atoms with van der Waals surface area (Å²) in [6.07, 6.45) is 9.91. The lowest BCUT2D eigenvalue weighted by Crippen LogP contribution is -2.45. The highest BCUT2D eigenvalue weighted by Crippen LogP contribution is 2.59. The second-order valence-corrected chi connectivity index (χ2v) is 5.42. The van der Waals surface area contributed by atoms with E-state index >= 15 is 0 Å². The summed E-state index contributed by atoms with van der Waals surface area (Å²) in [6.45, 7) is 0. The molecular formula is C12H15O-. The van der Waals surface area contributed by atoms with Gasteiger partial charge in [0.25, 0.3) is 0 Å². The van der Waals surface area contributed by atoms with Crippen LogP contribution in [0.3, 0.4) is 0 Å². The molecule has 4 bridgehead atoms. The van der Waals surface area contributed by atoms with Gasteiger partial charge in [-0.1, -0.05) is 0 Å². The summed E-state index contributed by atoms with van der Waals surface area (Å²) >= 11 is 0. The standard InChI is InChI=1S/C12H16O/c13-2-1-12-6-9-3-10(7-12)5-11(4-9)8-12/h9-11,13H,3-8H2/p-1. The lowest BCUT2D eigenvalue weighted by Gasteiger charge is -2.54. The van der Waals surface area contributed by atoms with E-state index in [9.17, 15) is 5.11 Å². The van der Waals surface area contributed by atoms with Gasteiger partial charge in [-0.3, -0.25) is 0 Å². The fourth-order valence-electron chi connectivity index (χ4n) is 4.37. The largest absolute Gasteiger partial charge is 0.833 e. The molecule has 0 N–H and O–H groups in total. The van der Waals surface area contributed by atoms with Crippen molar-refractivity contribution in [1.82, 2.24) is 0 Å². The van der Waals surface area contributed by atoms with Gasteiger partial charge in [0.2, 0.25) is 0 Å². The smallest absolute Gasteiger partial charge is 0.0315 e. The molecule has 0 aromatic carbocycles. The summed E-state index contributed by atoms with van der Waals surface area (Å²) in [5, 5.41) is 10.5. The Morgan fingerprint density at radius 3 is 1.77 bits per heavy atom. The van der Waals surface area contributed by atoms with Gasteiger partial charge in [-0.15, -0.1) is 5.92 Å². The lowest BCUT2D eigenvalue weighted by molar-refractivity contribution is -0.248. The van der Waals surface area contributed by atoms with Crippen LogP contribution in [0.2, 0.25) is 0 Å². The minimum Gasteiger partial charge on any atom is -0.833 e. The Balaban J connectivity index is 1.94. The third-order valence-corrected chi connectivity index (χ3v) is 4.35. The zero-order valence-electron chi connectivity index (χ0n) is 7.88. The molecule has 4 saturated carbocycles. The number of rotatable bonds is 0. The molecule has 0 amide bonds. The van der Waals surface area contributed by atoms with E-state index < -0.39 is 0 Å². The molecule has 0 heterocycles. The molecule has 0 unspecified atom stereocenters. The van der Waals surface area contributed by atoms with Gasteiger partial charge in [-0.2, -0.15) is 6.11 Å². The normalized spacial score (nSPS) is 51.5. The number of hydrogen-bond acceptors (Lipinski definition) is 1. The van der Waals surface area contributed by atoms with Crippen LogP contribution in [0.4, 0.5) is 0 Å². The fourth-order valence-corrected chi connectivity index (χ4v) is 4.37. The molecule has 70 valence electrons. The van der Waals surface area contributed by atoms with Crippen LogP contribution >= 0.6 is 0 Å². The van der Waals surface area contributed by atoms with Crippen LogP contribution in [0.5, 0.6) is 0 Å². The quantitative estimate of drug-likeness (QED) is 0.512. The van der Waals surface area contributed by atoms with E-state index in [-0.39, 0.29) is 5.41 Å². The fraction of sp³-hybridized carbons (Fsp3) is 0.833. The van der Waals surface area contributed by atoms with Crippen molar-refractivity contribution in [2.75, 3.05) is 0 Å². The van der Waals surface area contributed by atoms with Crippen molar-refractivity contribution in [2.45, 2.75) is 38.5 Å². The first-order valence-corrected chi connectivity index (χ1v) is 5.44. The molecule has 4 aliphatic carbocycles. The average molecular weight is 175 g/mol. The maximum atomic E-state index is 10.5. The molecule has 0 radical (unpaired) electrons. The van der Waals surface area contributed by atoms with Crippen molar-refractivity contribution in [2.24, 2.45) is 23.2 Å². The van der Waals surface area contributed by atoms with Gasteiger partial charge < -0.3 is 5.11 Å². The second kappa shape index (κ2) is 2.44. The van der Waals surface area contributed by atoms with E-state index in [2.05, 4.69) is 5.92 Å². The van der Waals surface area contributed by atoms with Crippen LogP contribution in [-0.4, -0.2) is 0 Å². The van der Waals surface area contributed by atoms with E-state index in [1.165, 1.54) is 38.5 Å². The van der Waals surface area contributed by atoms with Gasteiger partial charge >= 0.3 is 0 Å². The molecule has 0 saturated heterocycles. The summed E-state index contributed by atoms with van der Waals surface area (Å²) in [7, 11) is 0. The Morgan fingerprint density at radius 2 is 1.38 bits per heavy atom. The first-order valence-electron chi connectivity index (χ1n) is 5.44. The van der Waals surface area contributed by atoms with Gasteiger partial charge in [0, 0.05) is 5.41 Å². The summed E-state index contributed by atoms with van der Waals surface area (Å²) in [6, 6.07) is 0. The minimum atomic E-state index is 0.177. The van der Waals surface area contributed by atoms with E-state index in [1.54, 1.807) is 0 Å². The molecular weight excluding hydrogens is 160 g/mol. The monoisotopic (exact) mass is 175 g/mol. The number of hydrogen-bond donors (Lipinski definition) is 0. The molecule has 1 nitrogen and oxygen atoms in total. The molecule has 0 aromatic rings. The first kappa shape index (κ1) is 7.74. The molecule has 4 rings (SSSR count). The van der Waals surface area contributed by atoms with Crippen LogP contribution in [0.1, 0.15) is 38.5 Å². The second-order valence-electron chi connectivity index (χ2n) is 5.42. The zero-order valence-corrected chi connectivity index (χ0v) is 7.88. The molecule has 1 heteroatoms. The van der Waals surface area contributed by atoms with Gasteiger partial charge in [0.15, 0.2) is 0 Å². The van der Waals surface area contributed by atoms with E-state index in [1.807, 2.05) is 6.11 Å². The van der Waals surface area contributed by atoms with Crippen molar-refractivity contribution in [3.05, 3.63) is 0 Å². The Morgan fingerprint density at radius 1 is 0.923 bits per heavy atom. The van der Waals surface area contributed by atoms with E-state index in [4.69, 9.17) is 0 Å². The highest BCUT2D eigenvalue weighted by atomic mass is 16.2. The minimum absolute atomic E-state index is 0.177. The van der Waals surface area contributed by atoms with Crippen molar-refractivity contribution in [3.8, 4) is 12.0 Å². The third kappa shape index (κ3) is 1.08. The molecule has 13 heavy (non-hydrogen) atoms. The zero-order chi connectivity index (χ0) is 8.89. The van der Waals surface area contributed by atoms with Crippen LogP contribution in [0.15, 0.2) is 0 Å². The van der Waals surface area contributed by atoms with E-state index in [0.29, 0.717) is 0 Å². The average Bonchev–Trinajstić information content (AvgIpc) is 2.00. The first-order chi connectivity index (χ1) is 6.30. The lowest BCUT2D eigenvalue weighted by atomic mass is 9.50. The topological polar surface area (TPSA) is 23.1 Å². The van der Waals surface area contributed by atoms with Crippen molar-refractivity contribution in [1.29, 1.82) is 0 Å². The maximum absolute atomic E-state index is 10.5. The van der Waals surface area contributed by atoms with Crippen molar-refractivity contribution >= 4 is 0 Å². The maximum Gasteiger partial charge on any atom is 0.0315 e. The SMILES string of the molecule is [O-]C#CC12CC3CC(CC(C3)C1)C2. The predicted molar refractivity (Wildman–Crippen MR) is 48.4 cm³/mol. The summed E-state index contributed by atoms with van der Waals surface area (Å²) in [4.78, 5) is 0. The molecule has 0 spiro atoms. The molecule has 0 aliphatic heterocycles. The van der Waals surface area contributed by atoms with Crippen LogP contribution < -0.4 is 5.11 Å². The van der Waals surface area contributed by atoms with E-state index in [0.717, 1.165) is 17.8 Å². The van der Waals surface area contributed by atoms with Gasteiger partial charge in [-0.05, 0) is 56.3 Å². The predicted octanol–water partition coefficient (Wildman–Crippen LogP) is 1.52.